The Morgan fingerprint density at radius 1 is 1.00 bits per heavy atom. The van der Waals surface area contributed by atoms with E-state index in [0.29, 0.717) is 0 Å². The summed E-state index contributed by atoms with van der Waals surface area (Å²) in [5.74, 6) is 0. The van der Waals surface area contributed by atoms with Crippen LogP contribution in [0.15, 0.2) is 72.4 Å². The third-order valence-corrected chi connectivity index (χ3v) is 5.83. The van der Waals surface area contributed by atoms with Crippen molar-refractivity contribution in [3.63, 3.8) is 0 Å². The molecule has 2 aromatic carbocycles. The van der Waals surface area contributed by atoms with Crippen LogP contribution in [0.25, 0.3) is 17.0 Å². The van der Waals surface area contributed by atoms with Gasteiger partial charge < -0.3 is 4.90 Å². The average Bonchev–Trinajstić information content (AvgIpc) is 2.84. The fourth-order valence-electron chi connectivity index (χ4n) is 4.25. The van der Waals surface area contributed by atoms with E-state index in [1.807, 2.05) is 0 Å². The lowest BCUT2D eigenvalue weighted by Crippen LogP contribution is -2.32. The van der Waals surface area contributed by atoms with E-state index in [9.17, 15) is 0 Å². The van der Waals surface area contributed by atoms with E-state index in [-0.39, 0.29) is 5.41 Å². The van der Waals surface area contributed by atoms with Gasteiger partial charge in [0, 0.05) is 47.4 Å². The summed E-state index contributed by atoms with van der Waals surface area (Å²) >= 11 is 0. The Bertz CT molecular complexity index is 1090. The number of aromatic nitrogens is 1. The van der Waals surface area contributed by atoms with Crippen LogP contribution in [0.2, 0.25) is 0 Å². The first-order valence-corrected chi connectivity index (χ1v) is 9.51. The number of para-hydroxylation sites is 1. The summed E-state index contributed by atoms with van der Waals surface area (Å²) in [4.78, 5) is 2.31. The van der Waals surface area contributed by atoms with Crippen LogP contribution in [0.1, 0.15) is 30.7 Å². The highest BCUT2D eigenvalue weighted by Crippen LogP contribution is 2.46. The first-order valence-electron chi connectivity index (χ1n) is 9.51. The summed E-state index contributed by atoms with van der Waals surface area (Å²) in [6.45, 7) is 6.73. The fourth-order valence-corrected chi connectivity index (χ4v) is 4.25. The van der Waals surface area contributed by atoms with Gasteiger partial charge in [0.1, 0.15) is 7.05 Å². The molecule has 1 aliphatic rings. The molecule has 1 aliphatic heterocycles. The Labute approximate surface area is 162 Å². The standard InChI is InChI=1S/C25H27N2/c1-18-13-16-22-19(17-18)14-15-20(26(22)4)9-8-12-24-25(2,3)21-10-6-7-11-23(21)27(24)5/h6-17H,1-5H3/q+1. The molecule has 0 saturated heterocycles. The number of aryl methyl sites for hydroxylation is 2. The molecule has 2 nitrogen and oxygen atoms in total. The third kappa shape index (κ3) is 2.86. The Morgan fingerprint density at radius 3 is 2.56 bits per heavy atom. The molecular weight excluding hydrogens is 328 g/mol. The molecule has 0 N–H and O–H groups in total. The second-order valence-electron chi connectivity index (χ2n) is 7.99. The zero-order valence-corrected chi connectivity index (χ0v) is 16.8. The van der Waals surface area contributed by atoms with Crippen molar-refractivity contribution in [3.8, 4) is 0 Å². The minimum atomic E-state index is 0.0127. The van der Waals surface area contributed by atoms with Crippen molar-refractivity contribution in [3.05, 3.63) is 89.3 Å². The molecule has 27 heavy (non-hydrogen) atoms. The van der Waals surface area contributed by atoms with Crippen LogP contribution in [0.3, 0.4) is 0 Å². The quantitative estimate of drug-likeness (QED) is 0.566. The van der Waals surface area contributed by atoms with Crippen molar-refractivity contribution in [2.75, 3.05) is 11.9 Å². The number of likely N-dealkylation sites (N-methyl/N-ethyl adjacent to an activating group) is 1. The summed E-state index contributed by atoms with van der Waals surface area (Å²) in [7, 11) is 4.29. The predicted octanol–water partition coefficient (Wildman–Crippen LogP) is 5.30. The first-order chi connectivity index (χ1) is 12.9. The molecule has 0 atom stereocenters. The predicted molar refractivity (Wildman–Crippen MR) is 115 cm³/mol. The van der Waals surface area contributed by atoms with Crippen molar-refractivity contribution >= 4 is 22.7 Å². The molecule has 3 aromatic rings. The van der Waals surface area contributed by atoms with Crippen LogP contribution < -0.4 is 9.47 Å². The highest BCUT2D eigenvalue weighted by molar-refractivity contribution is 5.77. The van der Waals surface area contributed by atoms with Gasteiger partial charge in [0.25, 0.3) is 0 Å². The number of fused-ring (bicyclic) bond motifs is 2. The molecule has 136 valence electrons. The lowest BCUT2D eigenvalue weighted by molar-refractivity contribution is -0.646. The minimum Gasteiger partial charge on any atom is -0.347 e. The number of allylic oxidation sites excluding steroid dienone is 3. The lowest BCUT2D eigenvalue weighted by atomic mass is 9.84. The van der Waals surface area contributed by atoms with Gasteiger partial charge in [-0.15, -0.1) is 0 Å². The molecule has 0 radical (unpaired) electrons. The van der Waals surface area contributed by atoms with Gasteiger partial charge in [0.05, 0.1) is 0 Å². The monoisotopic (exact) mass is 355 g/mol. The molecule has 0 saturated carbocycles. The molecule has 1 aromatic heterocycles. The molecule has 0 spiro atoms. The summed E-state index contributed by atoms with van der Waals surface area (Å²) < 4.78 is 2.25. The van der Waals surface area contributed by atoms with E-state index < -0.39 is 0 Å². The number of hydrogen-bond donors (Lipinski definition) is 0. The fraction of sp³-hybridized carbons (Fsp3) is 0.240. The van der Waals surface area contributed by atoms with Crippen molar-refractivity contribution in [1.82, 2.24) is 0 Å². The Morgan fingerprint density at radius 2 is 1.78 bits per heavy atom. The average molecular weight is 356 g/mol. The zero-order chi connectivity index (χ0) is 19.2. The van der Waals surface area contributed by atoms with E-state index in [1.54, 1.807) is 0 Å². The van der Waals surface area contributed by atoms with E-state index in [0.717, 1.165) is 0 Å². The highest BCUT2D eigenvalue weighted by Gasteiger charge is 2.37. The molecular formula is C25H27N2+. The Balaban J connectivity index is 1.69. The van der Waals surface area contributed by atoms with E-state index >= 15 is 0 Å². The van der Waals surface area contributed by atoms with Crippen LogP contribution in [0.5, 0.6) is 0 Å². The van der Waals surface area contributed by atoms with Gasteiger partial charge in [-0.3, -0.25) is 0 Å². The van der Waals surface area contributed by atoms with Gasteiger partial charge in [-0.05, 0) is 36.8 Å². The molecule has 2 heterocycles. The van der Waals surface area contributed by atoms with Crippen LogP contribution in [0, 0.1) is 6.92 Å². The van der Waals surface area contributed by atoms with E-state index in [4.69, 9.17) is 0 Å². The van der Waals surface area contributed by atoms with Crippen LogP contribution >= 0.6 is 0 Å². The van der Waals surface area contributed by atoms with E-state index in [1.165, 1.54) is 39.1 Å². The number of benzene rings is 2. The van der Waals surface area contributed by atoms with Gasteiger partial charge in [-0.1, -0.05) is 49.8 Å². The number of hydrogen-bond acceptors (Lipinski definition) is 1. The highest BCUT2D eigenvalue weighted by atomic mass is 15.2. The lowest BCUT2D eigenvalue weighted by Gasteiger charge is -2.23. The third-order valence-electron chi connectivity index (χ3n) is 5.83. The van der Waals surface area contributed by atoms with Gasteiger partial charge in [-0.2, -0.15) is 4.57 Å². The number of anilines is 1. The van der Waals surface area contributed by atoms with Crippen molar-refractivity contribution in [2.24, 2.45) is 7.05 Å². The number of rotatable bonds is 2. The van der Waals surface area contributed by atoms with Crippen LogP contribution in [-0.4, -0.2) is 7.05 Å². The van der Waals surface area contributed by atoms with Crippen LogP contribution in [0.4, 0.5) is 5.69 Å². The molecule has 2 heteroatoms. The summed E-state index contributed by atoms with van der Waals surface area (Å²) in [5.41, 5.74) is 7.76. The van der Waals surface area contributed by atoms with Gasteiger partial charge in [-0.25, -0.2) is 0 Å². The second-order valence-corrected chi connectivity index (χ2v) is 7.99. The smallest absolute Gasteiger partial charge is 0.212 e. The molecule has 0 bridgehead atoms. The molecule has 0 fully saturated rings. The summed E-state index contributed by atoms with van der Waals surface area (Å²) in [6, 6.07) is 19.7. The van der Waals surface area contributed by atoms with Crippen LogP contribution in [-0.2, 0) is 12.5 Å². The van der Waals surface area contributed by atoms with Crippen molar-refractivity contribution in [2.45, 2.75) is 26.2 Å². The Kier molecular flexibility index (Phi) is 4.15. The Hall–Kier alpha value is -2.87. The zero-order valence-electron chi connectivity index (χ0n) is 16.8. The van der Waals surface area contributed by atoms with Gasteiger partial charge in [0.15, 0.2) is 0 Å². The molecule has 0 unspecified atom stereocenters. The summed E-state index contributed by atoms with van der Waals surface area (Å²) in [5, 5.41) is 1.28. The first kappa shape index (κ1) is 17.5. The maximum Gasteiger partial charge on any atom is 0.212 e. The second kappa shape index (κ2) is 6.38. The van der Waals surface area contributed by atoms with Gasteiger partial charge in [0.2, 0.25) is 11.2 Å². The topological polar surface area (TPSA) is 7.12 Å². The SMILES string of the molecule is Cc1ccc2c(ccc(C=CC=C3N(C)c4ccccc4C3(C)C)[n+]2C)c1. The maximum absolute atomic E-state index is 2.31. The molecule has 4 rings (SSSR count). The molecule has 0 aliphatic carbocycles. The summed E-state index contributed by atoms with van der Waals surface area (Å²) in [6.07, 6.45) is 6.62. The van der Waals surface area contributed by atoms with E-state index in [2.05, 4.69) is 117 Å². The maximum atomic E-state index is 2.31. The molecule has 0 amide bonds. The van der Waals surface area contributed by atoms with Crippen molar-refractivity contribution in [1.29, 1.82) is 0 Å². The number of nitrogens with zero attached hydrogens (tertiary/aromatic N) is 2. The largest absolute Gasteiger partial charge is 0.347 e. The minimum absolute atomic E-state index is 0.0127. The normalized spacial score (nSPS) is 17.2. The number of pyridine rings is 1. The van der Waals surface area contributed by atoms with Gasteiger partial charge >= 0.3 is 0 Å². The van der Waals surface area contributed by atoms with Crippen molar-refractivity contribution < 1.29 is 4.57 Å².